The van der Waals surface area contributed by atoms with Gasteiger partial charge >= 0.3 is 0 Å². The first-order chi connectivity index (χ1) is 15.5. The Hall–Kier alpha value is -3.08. The van der Waals surface area contributed by atoms with Crippen molar-refractivity contribution in [1.29, 1.82) is 0 Å². The average Bonchev–Trinajstić information content (AvgIpc) is 2.78. The van der Waals surface area contributed by atoms with Gasteiger partial charge in [0.15, 0.2) is 0 Å². The van der Waals surface area contributed by atoms with E-state index in [0.29, 0.717) is 29.8 Å². The molecule has 2 aromatic rings. The van der Waals surface area contributed by atoms with Gasteiger partial charge in [-0.2, -0.15) is 0 Å². The molecular weight excluding hydrogens is 400 g/mol. The molecule has 0 bridgehead atoms. The summed E-state index contributed by atoms with van der Waals surface area (Å²) in [6.07, 6.45) is 11.4. The highest BCUT2D eigenvalue weighted by atomic mass is 16.5. The summed E-state index contributed by atoms with van der Waals surface area (Å²) in [6, 6.07) is 5.71. The van der Waals surface area contributed by atoms with Gasteiger partial charge < -0.3 is 15.2 Å². The summed E-state index contributed by atoms with van der Waals surface area (Å²) in [7, 11) is 0. The first-order valence-corrected chi connectivity index (χ1v) is 11.6. The topological polar surface area (TPSA) is 71.5 Å². The number of ether oxygens (including phenoxy) is 1. The third kappa shape index (κ3) is 4.43. The van der Waals surface area contributed by atoms with Gasteiger partial charge in [-0.25, -0.2) is 0 Å². The number of aromatic nitrogens is 1. The summed E-state index contributed by atoms with van der Waals surface area (Å²) < 4.78 is 6.10. The Labute approximate surface area is 190 Å². The number of fused-ring (bicyclic) bond motifs is 3. The van der Waals surface area contributed by atoms with Crippen molar-refractivity contribution in [2.45, 2.75) is 64.8 Å². The van der Waals surface area contributed by atoms with Gasteiger partial charge in [0.05, 0.1) is 5.56 Å². The molecule has 1 aliphatic heterocycles. The molecule has 0 spiro atoms. The van der Waals surface area contributed by atoms with E-state index in [2.05, 4.69) is 36.8 Å². The minimum absolute atomic E-state index is 0.0189. The standard InChI is InChI=1S/C27H32N2O3/c1-4-5-6-9-20-14-23-25(22-13-17(2)10-11-21(22)18(3)32-23)26(30)24(20)27(31)29-16-19-8-7-12-28-15-19/h7-8,12-15,21-22,30H,3-6,9-11,16H2,1-2H3,(H,29,31)/t21-,22+/m0/s1. The largest absolute Gasteiger partial charge is 0.507 e. The Morgan fingerprint density at radius 1 is 1.38 bits per heavy atom. The number of pyridine rings is 1. The van der Waals surface area contributed by atoms with Gasteiger partial charge in [-0.15, -0.1) is 0 Å². The van der Waals surface area contributed by atoms with Gasteiger partial charge in [-0.3, -0.25) is 9.78 Å². The predicted molar refractivity (Wildman–Crippen MR) is 126 cm³/mol. The number of amides is 1. The Morgan fingerprint density at radius 3 is 2.97 bits per heavy atom. The van der Waals surface area contributed by atoms with Gasteiger partial charge in [0.1, 0.15) is 17.3 Å². The molecule has 2 aliphatic rings. The summed E-state index contributed by atoms with van der Waals surface area (Å²) in [5.41, 5.74) is 4.11. The molecule has 5 nitrogen and oxygen atoms in total. The van der Waals surface area contributed by atoms with Crippen molar-refractivity contribution in [3.63, 3.8) is 0 Å². The number of unbranched alkanes of at least 4 members (excludes halogenated alkanes) is 2. The summed E-state index contributed by atoms with van der Waals surface area (Å²) >= 11 is 0. The number of hydrogen-bond donors (Lipinski definition) is 2. The normalized spacial score (nSPS) is 19.4. The number of carbonyl (C=O) groups is 1. The average molecular weight is 433 g/mol. The van der Waals surface area contributed by atoms with Crippen molar-refractivity contribution < 1.29 is 14.6 Å². The predicted octanol–water partition coefficient (Wildman–Crippen LogP) is 5.80. The number of aromatic hydroxyl groups is 1. The van der Waals surface area contributed by atoms with Crippen LogP contribution in [0.4, 0.5) is 0 Å². The smallest absolute Gasteiger partial charge is 0.255 e. The molecule has 168 valence electrons. The molecule has 0 saturated carbocycles. The lowest BCUT2D eigenvalue weighted by Crippen LogP contribution is -2.28. The molecule has 4 rings (SSSR count). The molecule has 1 aromatic carbocycles. The summed E-state index contributed by atoms with van der Waals surface area (Å²) in [6.45, 7) is 8.78. The Kier molecular flexibility index (Phi) is 6.63. The van der Waals surface area contributed by atoms with Crippen molar-refractivity contribution in [1.82, 2.24) is 10.3 Å². The van der Waals surface area contributed by atoms with Crippen LogP contribution in [0.2, 0.25) is 0 Å². The van der Waals surface area contributed by atoms with Crippen molar-refractivity contribution in [3.05, 3.63) is 76.8 Å². The molecule has 1 aromatic heterocycles. The van der Waals surface area contributed by atoms with Crippen LogP contribution in [0.25, 0.3) is 0 Å². The molecule has 0 radical (unpaired) electrons. The van der Waals surface area contributed by atoms with Crippen LogP contribution >= 0.6 is 0 Å². The zero-order valence-corrected chi connectivity index (χ0v) is 19.0. The van der Waals surface area contributed by atoms with Crippen molar-refractivity contribution >= 4 is 5.91 Å². The molecule has 2 heterocycles. The number of phenolic OH excluding ortho intramolecular Hbond substituents is 1. The monoisotopic (exact) mass is 432 g/mol. The second-order valence-electron chi connectivity index (χ2n) is 8.92. The number of nitrogens with zero attached hydrogens (tertiary/aromatic N) is 1. The van der Waals surface area contributed by atoms with Gasteiger partial charge in [-0.05, 0) is 55.9 Å². The van der Waals surface area contributed by atoms with Crippen molar-refractivity contribution in [2.24, 2.45) is 5.92 Å². The minimum Gasteiger partial charge on any atom is -0.507 e. The van der Waals surface area contributed by atoms with Crippen LogP contribution in [0.5, 0.6) is 11.5 Å². The number of nitrogens with one attached hydrogen (secondary N) is 1. The fraction of sp³-hybridized carbons (Fsp3) is 0.407. The fourth-order valence-electron chi connectivity index (χ4n) is 4.84. The van der Waals surface area contributed by atoms with Crippen LogP contribution in [0.3, 0.4) is 0 Å². The lowest BCUT2D eigenvalue weighted by atomic mass is 9.73. The quantitative estimate of drug-likeness (QED) is 0.429. The molecule has 32 heavy (non-hydrogen) atoms. The summed E-state index contributed by atoms with van der Waals surface area (Å²) in [4.78, 5) is 17.4. The number of benzene rings is 1. The van der Waals surface area contributed by atoms with Crippen LogP contribution in [-0.4, -0.2) is 16.0 Å². The van der Waals surface area contributed by atoms with Crippen LogP contribution in [0.15, 0.2) is 54.6 Å². The Balaban J connectivity index is 1.73. The molecular formula is C27H32N2O3. The third-order valence-corrected chi connectivity index (χ3v) is 6.57. The number of aryl methyl sites for hydroxylation is 1. The van der Waals surface area contributed by atoms with E-state index in [-0.39, 0.29) is 23.5 Å². The first-order valence-electron chi connectivity index (χ1n) is 11.6. The maximum Gasteiger partial charge on any atom is 0.255 e. The SMILES string of the molecule is C=C1Oc2cc(CCCCC)c(C(=O)NCc3cccnc3)c(O)c2[C@@H]2C=C(C)CC[C@@H]12. The maximum atomic E-state index is 13.3. The zero-order valence-electron chi connectivity index (χ0n) is 19.0. The fourth-order valence-corrected chi connectivity index (χ4v) is 4.84. The highest BCUT2D eigenvalue weighted by molar-refractivity contribution is 5.99. The zero-order chi connectivity index (χ0) is 22.7. The summed E-state index contributed by atoms with van der Waals surface area (Å²) in [5, 5.41) is 14.4. The Morgan fingerprint density at radius 2 is 2.22 bits per heavy atom. The molecule has 5 heteroatoms. The lowest BCUT2D eigenvalue weighted by Gasteiger charge is -2.37. The molecule has 1 aliphatic carbocycles. The molecule has 0 saturated heterocycles. The van der Waals surface area contributed by atoms with Gasteiger partial charge in [0.25, 0.3) is 5.91 Å². The van der Waals surface area contributed by atoms with Gasteiger partial charge in [0, 0.05) is 36.3 Å². The third-order valence-electron chi connectivity index (χ3n) is 6.57. The number of rotatable bonds is 7. The number of carbonyl (C=O) groups excluding carboxylic acids is 1. The van der Waals surface area contributed by atoms with E-state index in [9.17, 15) is 9.90 Å². The van der Waals surface area contributed by atoms with E-state index in [1.165, 1.54) is 5.57 Å². The van der Waals surface area contributed by atoms with Crippen LogP contribution in [-0.2, 0) is 13.0 Å². The van der Waals surface area contributed by atoms with Gasteiger partial charge in [-0.1, -0.05) is 44.1 Å². The van der Waals surface area contributed by atoms with Crippen LogP contribution < -0.4 is 10.1 Å². The highest BCUT2D eigenvalue weighted by Crippen LogP contribution is 2.52. The van der Waals surface area contributed by atoms with E-state index >= 15 is 0 Å². The van der Waals surface area contributed by atoms with Crippen molar-refractivity contribution in [2.75, 3.05) is 0 Å². The van der Waals surface area contributed by atoms with E-state index in [0.717, 1.165) is 49.0 Å². The molecule has 1 amide bonds. The van der Waals surface area contributed by atoms with Crippen LogP contribution in [0, 0.1) is 5.92 Å². The maximum absolute atomic E-state index is 13.3. The second-order valence-corrected chi connectivity index (χ2v) is 8.92. The summed E-state index contributed by atoms with van der Waals surface area (Å²) in [5.74, 6) is 1.27. The lowest BCUT2D eigenvalue weighted by molar-refractivity contribution is 0.0946. The molecule has 0 fully saturated rings. The van der Waals surface area contributed by atoms with E-state index in [1.807, 2.05) is 18.2 Å². The van der Waals surface area contributed by atoms with E-state index < -0.39 is 0 Å². The number of hydrogen-bond acceptors (Lipinski definition) is 4. The first kappa shape index (κ1) is 22.1. The highest BCUT2D eigenvalue weighted by Gasteiger charge is 2.38. The van der Waals surface area contributed by atoms with Gasteiger partial charge in [0.2, 0.25) is 0 Å². The Bertz CT molecular complexity index is 1040. The number of phenols is 1. The van der Waals surface area contributed by atoms with Crippen molar-refractivity contribution in [3.8, 4) is 11.5 Å². The van der Waals surface area contributed by atoms with Crippen LogP contribution in [0.1, 0.15) is 78.9 Å². The molecule has 2 atom stereocenters. The molecule has 0 unspecified atom stereocenters. The second kappa shape index (κ2) is 9.60. The van der Waals surface area contributed by atoms with E-state index in [1.54, 1.807) is 12.4 Å². The minimum atomic E-state index is -0.266. The number of allylic oxidation sites excluding steroid dienone is 3. The molecule has 2 N–H and O–H groups in total. The van der Waals surface area contributed by atoms with E-state index in [4.69, 9.17) is 4.74 Å².